The summed E-state index contributed by atoms with van der Waals surface area (Å²) in [4.78, 5) is 1.20. The van der Waals surface area contributed by atoms with Crippen molar-refractivity contribution in [2.45, 2.75) is 0 Å². The Bertz CT molecular complexity index is 229. The van der Waals surface area contributed by atoms with Gasteiger partial charge in [0.25, 0.3) is 0 Å². The van der Waals surface area contributed by atoms with Crippen LogP contribution in [0.5, 0.6) is 0 Å². The Morgan fingerprint density at radius 1 is 1.60 bits per heavy atom. The van der Waals surface area contributed by atoms with Gasteiger partial charge in [-0.05, 0) is 18.2 Å². The molecule has 0 N–H and O–H groups in total. The van der Waals surface area contributed by atoms with Gasteiger partial charge in [-0.25, -0.2) is 0 Å². The number of halogens is 2. The molecule has 1 heterocycles. The largest absolute Gasteiger partial charge is 0.124 e. The Morgan fingerprint density at radius 3 is 2.90 bits per heavy atom. The molecule has 0 radical (unpaired) electrons. The molecular weight excluding hydrogens is 232 g/mol. The van der Waals surface area contributed by atoms with Crippen LogP contribution in [0.4, 0.5) is 0 Å². The molecule has 0 saturated heterocycles. The molecule has 0 aliphatic carbocycles. The van der Waals surface area contributed by atoms with E-state index in [-0.39, 0.29) is 0 Å². The number of rotatable bonds is 2. The smallest absolute Gasteiger partial charge is 0.0934 e. The second-order valence-corrected chi connectivity index (χ2v) is 4.09. The Labute approximate surface area is 77.6 Å². The van der Waals surface area contributed by atoms with Gasteiger partial charge in [0.2, 0.25) is 0 Å². The molecular formula is C7H6BrClS. The molecule has 0 saturated carbocycles. The molecule has 1 aromatic rings. The van der Waals surface area contributed by atoms with Crippen LogP contribution >= 0.6 is 38.9 Å². The van der Waals surface area contributed by atoms with E-state index in [1.165, 1.54) is 4.88 Å². The monoisotopic (exact) mass is 236 g/mol. The summed E-state index contributed by atoms with van der Waals surface area (Å²) in [5.74, 6) is 0. The lowest BCUT2D eigenvalue weighted by Gasteiger charge is -1.78. The first-order chi connectivity index (χ1) is 4.83. The lowest BCUT2D eigenvalue weighted by atomic mass is 10.4. The van der Waals surface area contributed by atoms with Crippen molar-refractivity contribution in [3.05, 3.63) is 27.4 Å². The van der Waals surface area contributed by atoms with Crippen molar-refractivity contribution in [2.24, 2.45) is 0 Å². The molecule has 1 aromatic heterocycles. The fourth-order valence-corrected chi connectivity index (χ4v) is 1.76. The van der Waals surface area contributed by atoms with Crippen molar-refractivity contribution in [1.82, 2.24) is 0 Å². The summed E-state index contributed by atoms with van der Waals surface area (Å²) in [5.41, 5.74) is 0. The molecule has 0 aliphatic heterocycles. The Morgan fingerprint density at radius 2 is 2.40 bits per heavy atom. The van der Waals surface area contributed by atoms with Crippen LogP contribution in [0.2, 0.25) is 4.34 Å². The van der Waals surface area contributed by atoms with Gasteiger partial charge in [-0.2, -0.15) is 0 Å². The topological polar surface area (TPSA) is 0 Å². The highest BCUT2D eigenvalue weighted by molar-refractivity contribution is 9.09. The molecule has 0 aromatic carbocycles. The highest BCUT2D eigenvalue weighted by Gasteiger charge is 1.90. The third-order valence-corrected chi connectivity index (χ3v) is 2.54. The number of thiophene rings is 1. The first-order valence-corrected chi connectivity index (χ1v) is 5.12. The maximum Gasteiger partial charge on any atom is 0.0934 e. The molecule has 0 amide bonds. The number of hydrogen-bond donors (Lipinski definition) is 0. The quantitative estimate of drug-likeness (QED) is 0.686. The molecule has 10 heavy (non-hydrogen) atoms. The average molecular weight is 238 g/mol. The van der Waals surface area contributed by atoms with Crippen molar-refractivity contribution in [3.63, 3.8) is 0 Å². The van der Waals surface area contributed by atoms with Crippen molar-refractivity contribution < 1.29 is 0 Å². The molecule has 0 fully saturated rings. The van der Waals surface area contributed by atoms with Crippen LogP contribution < -0.4 is 0 Å². The zero-order valence-corrected chi connectivity index (χ0v) is 8.34. The second-order valence-electron chi connectivity index (χ2n) is 1.70. The fraction of sp³-hybridized carbons (Fsp3) is 0.143. The summed E-state index contributed by atoms with van der Waals surface area (Å²) in [6.45, 7) is 0. The minimum Gasteiger partial charge on any atom is -0.124 e. The Kier molecular flexibility index (Phi) is 3.46. The molecule has 3 heteroatoms. The third-order valence-electron chi connectivity index (χ3n) is 0.965. The van der Waals surface area contributed by atoms with Gasteiger partial charge in [-0.1, -0.05) is 33.6 Å². The molecule has 0 aliphatic rings. The average Bonchev–Trinajstić information content (AvgIpc) is 2.31. The first kappa shape index (κ1) is 8.31. The van der Waals surface area contributed by atoms with Crippen molar-refractivity contribution >= 4 is 44.9 Å². The number of hydrogen-bond acceptors (Lipinski definition) is 1. The summed E-state index contributed by atoms with van der Waals surface area (Å²) in [6, 6.07) is 3.91. The maximum atomic E-state index is 5.71. The van der Waals surface area contributed by atoms with E-state index in [4.69, 9.17) is 11.6 Å². The summed E-state index contributed by atoms with van der Waals surface area (Å²) in [6.07, 6.45) is 4.09. The number of allylic oxidation sites excluding steroid dienone is 1. The van der Waals surface area contributed by atoms with Gasteiger partial charge in [0.1, 0.15) is 0 Å². The first-order valence-electron chi connectivity index (χ1n) is 2.81. The normalized spacial score (nSPS) is 11.0. The lowest BCUT2D eigenvalue weighted by Crippen LogP contribution is -1.57. The van der Waals surface area contributed by atoms with Crippen LogP contribution in [-0.2, 0) is 0 Å². The van der Waals surface area contributed by atoms with E-state index < -0.39 is 0 Å². The van der Waals surface area contributed by atoms with Crippen molar-refractivity contribution in [2.75, 3.05) is 5.33 Å². The van der Waals surface area contributed by atoms with Crippen LogP contribution in [0.15, 0.2) is 18.2 Å². The molecule has 0 unspecified atom stereocenters. The predicted octanol–water partition coefficient (Wildman–Crippen LogP) is 3.81. The van der Waals surface area contributed by atoms with Crippen LogP contribution in [0.3, 0.4) is 0 Å². The SMILES string of the molecule is Clc1ccc(C=CCBr)s1. The zero-order valence-electron chi connectivity index (χ0n) is 5.18. The van der Waals surface area contributed by atoms with E-state index in [0.29, 0.717) is 0 Å². The molecule has 0 atom stereocenters. The van der Waals surface area contributed by atoms with Gasteiger partial charge in [0, 0.05) is 10.2 Å². The number of alkyl halides is 1. The van der Waals surface area contributed by atoms with Crippen molar-refractivity contribution in [3.8, 4) is 0 Å². The Balaban J connectivity index is 2.67. The summed E-state index contributed by atoms with van der Waals surface area (Å²) >= 11 is 10.6. The summed E-state index contributed by atoms with van der Waals surface area (Å²) in [5, 5.41) is 0.891. The maximum absolute atomic E-state index is 5.71. The molecule has 0 bridgehead atoms. The van der Waals surface area contributed by atoms with E-state index in [1.807, 2.05) is 24.3 Å². The third kappa shape index (κ3) is 2.45. The minimum absolute atomic E-state index is 0.842. The highest BCUT2D eigenvalue weighted by Crippen LogP contribution is 2.22. The van der Waals surface area contributed by atoms with E-state index in [1.54, 1.807) is 11.3 Å². The van der Waals surface area contributed by atoms with Gasteiger partial charge in [-0.3, -0.25) is 0 Å². The summed E-state index contributed by atoms with van der Waals surface area (Å²) < 4.78 is 0.842. The zero-order chi connectivity index (χ0) is 7.40. The summed E-state index contributed by atoms with van der Waals surface area (Å²) in [7, 11) is 0. The minimum atomic E-state index is 0.842. The molecule has 54 valence electrons. The van der Waals surface area contributed by atoms with Crippen molar-refractivity contribution in [1.29, 1.82) is 0 Å². The molecule has 0 spiro atoms. The van der Waals surface area contributed by atoms with E-state index >= 15 is 0 Å². The van der Waals surface area contributed by atoms with Gasteiger partial charge >= 0.3 is 0 Å². The van der Waals surface area contributed by atoms with Crippen LogP contribution in [0, 0.1) is 0 Å². The fourth-order valence-electron chi connectivity index (χ4n) is 0.579. The van der Waals surface area contributed by atoms with Gasteiger partial charge in [0.15, 0.2) is 0 Å². The van der Waals surface area contributed by atoms with Gasteiger partial charge in [0.05, 0.1) is 4.34 Å². The molecule has 1 rings (SSSR count). The van der Waals surface area contributed by atoms with Gasteiger partial charge in [-0.15, -0.1) is 11.3 Å². The van der Waals surface area contributed by atoms with Gasteiger partial charge < -0.3 is 0 Å². The van der Waals surface area contributed by atoms with E-state index in [9.17, 15) is 0 Å². The predicted molar refractivity (Wildman–Crippen MR) is 52.2 cm³/mol. The highest BCUT2D eigenvalue weighted by atomic mass is 79.9. The lowest BCUT2D eigenvalue weighted by molar-refractivity contribution is 1.84. The van der Waals surface area contributed by atoms with E-state index in [2.05, 4.69) is 15.9 Å². The second kappa shape index (κ2) is 4.16. The molecule has 0 nitrogen and oxygen atoms in total. The van der Waals surface area contributed by atoms with Crippen LogP contribution in [0.1, 0.15) is 4.88 Å². The van der Waals surface area contributed by atoms with E-state index in [0.717, 1.165) is 9.67 Å². The van der Waals surface area contributed by atoms with Crippen LogP contribution in [0.25, 0.3) is 6.08 Å². The van der Waals surface area contributed by atoms with Crippen LogP contribution in [-0.4, -0.2) is 5.33 Å². The Hall–Kier alpha value is 0.210. The standard InChI is InChI=1S/C7H6BrClS/c8-5-1-2-6-3-4-7(9)10-6/h1-4H,5H2.